The predicted octanol–water partition coefficient (Wildman–Crippen LogP) is 4.31. The molecule has 0 atom stereocenters. The van der Waals surface area contributed by atoms with Gasteiger partial charge in [-0.3, -0.25) is 0 Å². The SMILES string of the molecule is N#Cc1ccccc1NCc1[nH]c2ccccc2c1Cl. The van der Waals surface area contributed by atoms with Crippen LogP contribution in [-0.4, -0.2) is 4.98 Å². The first-order chi connectivity index (χ1) is 9.79. The highest BCUT2D eigenvalue weighted by atomic mass is 35.5. The predicted molar refractivity (Wildman–Crippen MR) is 81.8 cm³/mol. The zero-order valence-electron chi connectivity index (χ0n) is 10.7. The van der Waals surface area contributed by atoms with Gasteiger partial charge in [0.05, 0.1) is 28.5 Å². The van der Waals surface area contributed by atoms with E-state index < -0.39 is 0 Å². The third kappa shape index (κ3) is 2.22. The zero-order valence-corrected chi connectivity index (χ0v) is 11.4. The molecule has 0 aliphatic carbocycles. The summed E-state index contributed by atoms with van der Waals surface area (Å²) in [5.74, 6) is 0. The average molecular weight is 282 g/mol. The van der Waals surface area contributed by atoms with Crippen LogP contribution in [0.2, 0.25) is 5.02 Å². The number of nitriles is 1. The van der Waals surface area contributed by atoms with E-state index in [9.17, 15) is 0 Å². The summed E-state index contributed by atoms with van der Waals surface area (Å²) in [5, 5.41) is 14.0. The molecule has 3 aromatic rings. The Kier molecular flexibility index (Phi) is 3.32. The number of nitrogens with zero attached hydrogens (tertiary/aromatic N) is 1. The maximum Gasteiger partial charge on any atom is 0.101 e. The van der Waals surface area contributed by atoms with E-state index in [1.54, 1.807) is 6.07 Å². The quantitative estimate of drug-likeness (QED) is 0.752. The summed E-state index contributed by atoms with van der Waals surface area (Å²) in [5.41, 5.74) is 3.37. The summed E-state index contributed by atoms with van der Waals surface area (Å²) < 4.78 is 0. The number of hydrogen-bond donors (Lipinski definition) is 2. The van der Waals surface area contributed by atoms with E-state index in [-0.39, 0.29) is 0 Å². The molecule has 0 radical (unpaired) electrons. The van der Waals surface area contributed by atoms with E-state index in [0.29, 0.717) is 12.1 Å². The maximum atomic E-state index is 9.06. The Morgan fingerprint density at radius 3 is 2.65 bits per heavy atom. The molecule has 0 unspecified atom stereocenters. The number of aromatic nitrogens is 1. The van der Waals surface area contributed by atoms with E-state index in [1.165, 1.54) is 0 Å². The van der Waals surface area contributed by atoms with Crippen LogP contribution >= 0.6 is 11.6 Å². The van der Waals surface area contributed by atoms with E-state index in [1.807, 2.05) is 42.5 Å². The third-order valence-corrected chi connectivity index (χ3v) is 3.65. The molecule has 0 saturated heterocycles. The van der Waals surface area contributed by atoms with Crippen LogP contribution in [0.5, 0.6) is 0 Å². The van der Waals surface area contributed by atoms with Gasteiger partial charge in [0.1, 0.15) is 6.07 Å². The van der Waals surface area contributed by atoms with Gasteiger partial charge in [-0.1, -0.05) is 41.9 Å². The molecule has 0 aliphatic heterocycles. The minimum atomic E-state index is 0.548. The first-order valence-electron chi connectivity index (χ1n) is 6.27. The van der Waals surface area contributed by atoms with Gasteiger partial charge >= 0.3 is 0 Å². The van der Waals surface area contributed by atoms with Gasteiger partial charge in [-0.2, -0.15) is 5.26 Å². The number of para-hydroxylation sites is 2. The molecule has 98 valence electrons. The number of hydrogen-bond acceptors (Lipinski definition) is 2. The molecule has 0 bridgehead atoms. The van der Waals surface area contributed by atoms with E-state index in [0.717, 1.165) is 27.3 Å². The molecule has 3 rings (SSSR count). The normalized spacial score (nSPS) is 10.4. The Labute approximate surface area is 121 Å². The zero-order chi connectivity index (χ0) is 13.9. The van der Waals surface area contributed by atoms with Crippen LogP contribution in [0.1, 0.15) is 11.3 Å². The molecule has 0 aliphatic rings. The molecular formula is C16H12ClN3. The number of anilines is 1. The first kappa shape index (κ1) is 12.6. The second-order valence-corrected chi connectivity index (χ2v) is 4.85. The van der Waals surface area contributed by atoms with Crippen LogP contribution in [0.3, 0.4) is 0 Å². The molecular weight excluding hydrogens is 270 g/mol. The van der Waals surface area contributed by atoms with Gasteiger partial charge in [0.25, 0.3) is 0 Å². The molecule has 0 amide bonds. The summed E-state index contributed by atoms with van der Waals surface area (Å²) >= 11 is 6.36. The van der Waals surface area contributed by atoms with E-state index in [4.69, 9.17) is 16.9 Å². The minimum Gasteiger partial charge on any atom is -0.378 e. The Bertz CT molecular complexity index is 799. The monoisotopic (exact) mass is 281 g/mol. The number of aromatic amines is 1. The Morgan fingerprint density at radius 1 is 1.10 bits per heavy atom. The van der Waals surface area contributed by atoms with E-state index >= 15 is 0 Å². The summed E-state index contributed by atoms with van der Waals surface area (Å²) in [7, 11) is 0. The topological polar surface area (TPSA) is 51.6 Å². The molecule has 0 spiro atoms. The summed E-state index contributed by atoms with van der Waals surface area (Å²) in [6.07, 6.45) is 0. The lowest BCUT2D eigenvalue weighted by molar-refractivity contribution is 1.08. The fourth-order valence-electron chi connectivity index (χ4n) is 2.20. The Balaban J connectivity index is 1.87. The van der Waals surface area contributed by atoms with Crippen molar-refractivity contribution in [1.29, 1.82) is 5.26 Å². The minimum absolute atomic E-state index is 0.548. The summed E-state index contributed by atoms with van der Waals surface area (Å²) in [6.45, 7) is 0.548. The number of halogens is 1. The molecule has 4 heteroatoms. The lowest BCUT2D eigenvalue weighted by Crippen LogP contribution is -2.01. The molecule has 1 aromatic heterocycles. The average Bonchev–Trinajstić information content (AvgIpc) is 2.82. The van der Waals surface area contributed by atoms with Crippen LogP contribution in [0.25, 0.3) is 10.9 Å². The second-order valence-electron chi connectivity index (χ2n) is 4.47. The van der Waals surface area contributed by atoms with Crippen molar-refractivity contribution in [2.75, 3.05) is 5.32 Å². The highest BCUT2D eigenvalue weighted by molar-refractivity contribution is 6.36. The van der Waals surface area contributed by atoms with Crippen LogP contribution in [0.4, 0.5) is 5.69 Å². The Hall–Kier alpha value is -2.44. The lowest BCUT2D eigenvalue weighted by atomic mass is 10.2. The molecule has 1 heterocycles. The number of H-pyrrole nitrogens is 1. The van der Waals surface area contributed by atoms with Crippen molar-refractivity contribution in [2.45, 2.75) is 6.54 Å². The number of fused-ring (bicyclic) bond motifs is 1. The largest absolute Gasteiger partial charge is 0.378 e. The lowest BCUT2D eigenvalue weighted by Gasteiger charge is -2.07. The van der Waals surface area contributed by atoms with Crippen LogP contribution in [0.15, 0.2) is 48.5 Å². The van der Waals surface area contributed by atoms with E-state index in [2.05, 4.69) is 16.4 Å². The first-order valence-corrected chi connectivity index (χ1v) is 6.65. The highest BCUT2D eigenvalue weighted by Gasteiger charge is 2.09. The molecule has 2 N–H and O–H groups in total. The maximum absolute atomic E-state index is 9.06. The van der Waals surface area contributed by atoms with Crippen molar-refractivity contribution >= 4 is 28.2 Å². The van der Waals surface area contributed by atoms with Crippen LogP contribution < -0.4 is 5.32 Å². The van der Waals surface area contributed by atoms with Gasteiger partial charge in [-0.15, -0.1) is 0 Å². The number of nitrogens with one attached hydrogen (secondary N) is 2. The summed E-state index contributed by atoms with van der Waals surface area (Å²) in [4.78, 5) is 3.29. The van der Waals surface area contributed by atoms with Crippen molar-refractivity contribution in [3.63, 3.8) is 0 Å². The second kappa shape index (κ2) is 5.28. The Morgan fingerprint density at radius 2 is 1.85 bits per heavy atom. The van der Waals surface area contributed by atoms with Crippen molar-refractivity contribution in [2.24, 2.45) is 0 Å². The van der Waals surface area contributed by atoms with Crippen LogP contribution in [-0.2, 0) is 6.54 Å². The fourth-order valence-corrected chi connectivity index (χ4v) is 2.48. The van der Waals surface area contributed by atoms with Crippen LogP contribution in [0, 0.1) is 11.3 Å². The molecule has 2 aromatic carbocycles. The van der Waals surface area contributed by atoms with Crippen molar-refractivity contribution < 1.29 is 0 Å². The molecule has 20 heavy (non-hydrogen) atoms. The van der Waals surface area contributed by atoms with Gasteiger partial charge in [0, 0.05) is 10.9 Å². The fraction of sp³-hybridized carbons (Fsp3) is 0.0625. The molecule has 3 nitrogen and oxygen atoms in total. The highest BCUT2D eigenvalue weighted by Crippen LogP contribution is 2.28. The van der Waals surface area contributed by atoms with Crippen molar-refractivity contribution in [3.05, 3.63) is 64.8 Å². The smallest absolute Gasteiger partial charge is 0.101 e. The van der Waals surface area contributed by atoms with Crippen molar-refractivity contribution in [1.82, 2.24) is 4.98 Å². The van der Waals surface area contributed by atoms with Gasteiger partial charge < -0.3 is 10.3 Å². The standard InChI is InChI=1S/C16H12ClN3/c17-16-12-6-2-4-8-14(12)20-15(16)10-19-13-7-3-1-5-11(13)9-18/h1-8,19-20H,10H2. The van der Waals surface area contributed by atoms with Gasteiger partial charge in [-0.25, -0.2) is 0 Å². The van der Waals surface area contributed by atoms with Gasteiger partial charge in [0.2, 0.25) is 0 Å². The third-order valence-electron chi connectivity index (χ3n) is 3.22. The van der Waals surface area contributed by atoms with Crippen molar-refractivity contribution in [3.8, 4) is 6.07 Å². The summed E-state index contributed by atoms with van der Waals surface area (Å²) in [6, 6.07) is 17.5. The number of benzene rings is 2. The molecule has 0 saturated carbocycles. The van der Waals surface area contributed by atoms with Gasteiger partial charge in [-0.05, 0) is 18.2 Å². The molecule has 0 fully saturated rings. The van der Waals surface area contributed by atoms with Gasteiger partial charge in [0.15, 0.2) is 0 Å². The number of rotatable bonds is 3.